The van der Waals surface area contributed by atoms with E-state index in [1.165, 1.54) is 0 Å². The van der Waals surface area contributed by atoms with Crippen molar-refractivity contribution in [2.24, 2.45) is 0 Å². The smallest absolute Gasteiger partial charge is 0.133 e. The van der Waals surface area contributed by atoms with E-state index in [4.69, 9.17) is 5.11 Å². The summed E-state index contributed by atoms with van der Waals surface area (Å²) < 4.78 is 3.75. The molecule has 0 fully saturated rings. The van der Waals surface area contributed by atoms with E-state index in [1.54, 1.807) is 0 Å². The van der Waals surface area contributed by atoms with E-state index in [2.05, 4.69) is 36.8 Å². The average Bonchev–Trinajstić information content (AvgIpc) is 2.46. The Hall–Kier alpha value is -0.390. The van der Waals surface area contributed by atoms with Gasteiger partial charge in [0.1, 0.15) is 10.4 Å². The molecule has 2 aromatic rings. The third-order valence-electron chi connectivity index (χ3n) is 1.98. The van der Waals surface area contributed by atoms with Crippen molar-refractivity contribution in [1.82, 2.24) is 9.38 Å². The number of imidazole rings is 1. The quantitative estimate of drug-likeness (QED) is 0.923. The monoisotopic (exact) mass is 318 g/mol. The van der Waals surface area contributed by atoms with Crippen LogP contribution in [0.15, 0.2) is 27.4 Å². The Labute approximate surface area is 98.0 Å². The Kier molecular flexibility index (Phi) is 2.90. The first-order valence-electron chi connectivity index (χ1n) is 4.16. The highest BCUT2D eigenvalue weighted by atomic mass is 79.9. The second-order valence-corrected chi connectivity index (χ2v) is 4.47. The Balaban J connectivity index is 2.71. The van der Waals surface area contributed by atoms with Gasteiger partial charge in [-0.25, -0.2) is 4.98 Å². The van der Waals surface area contributed by atoms with Crippen LogP contribution >= 0.6 is 31.9 Å². The van der Waals surface area contributed by atoms with E-state index in [0.717, 1.165) is 20.4 Å². The Morgan fingerprint density at radius 3 is 2.93 bits per heavy atom. The third-order valence-corrected chi connectivity index (χ3v) is 3.17. The summed E-state index contributed by atoms with van der Waals surface area (Å²) in [5.41, 5.74) is 0.996. The molecule has 5 heteroatoms. The van der Waals surface area contributed by atoms with Gasteiger partial charge < -0.3 is 9.51 Å². The normalized spacial score (nSPS) is 11.1. The van der Waals surface area contributed by atoms with Gasteiger partial charge in [0.15, 0.2) is 0 Å². The van der Waals surface area contributed by atoms with Gasteiger partial charge in [-0.05, 0) is 44.0 Å². The molecule has 0 radical (unpaired) electrons. The summed E-state index contributed by atoms with van der Waals surface area (Å²) in [4.78, 5) is 4.33. The minimum Gasteiger partial charge on any atom is -0.396 e. The first-order valence-corrected chi connectivity index (χ1v) is 5.74. The Morgan fingerprint density at radius 2 is 2.21 bits per heavy atom. The Bertz CT molecular complexity index is 467. The van der Waals surface area contributed by atoms with Crippen LogP contribution in [-0.2, 0) is 6.42 Å². The predicted octanol–water partition coefficient (Wildman–Crippen LogP) is 2.39. The lowest BCUT2D eigenvalue weighted by atomic mass is 10.4. The fourth-order valence-electron chi connectivity index (χ4n) is 1.39. The van der Waals surface area contributed by atoms with Crippen LogP contribution in [0.2, 0.25) is 0 Å². The van der Waals surface area contributed by atoms with Crippen LogP contribution < -0.4 is 0 Å². The molecule has 14 heavy (non-hydrogen) atoms. The first kappa shape index (κ1) is 10.1. The average molecular weight is 320 g/mol. The van der Waals surface area contributed by atoms with Crippen LogP contribution in [0.3, 0.4) is 0 Å². The molecule has 0 aliphatic heterocycles. The molecule has 1 N–H and O–H groups in total. The topological polar surface area (TPSA) is 37.5 Å². The van der Waals surface area contributed by atoms with E-state index in [9.17, 15) is 0 Å². The molecule has 0 saturated heterocycles. The van der Waals surface area contributed by atoms with Gasteiger partial charge in [0.05, 0.1) is 12.1 Å². The van der Waals surface area contributed by atoms with E-state index < -0.39 is 0 Å². The summed E-state index contributed by atoms with van der Waals surface area (Å²) in [6.07, 6.45) is 2.49. The van der Waals surface area contributed by atoms with Crippen LogP contribution in [0.4, 0.5) is 0 Å². The van der Waals surface area contributed by atoms with E-state index in [-0.39, 0.29) is 6.61 Å². The summed E-state index contributed by atoms with van der Waals surface area (Å²) in [5, 5.41) is 8.88. The second kappa shape index (κ2) is 4.00. The number of pyridine rings is 1. The van der Waals surface area contributed by atoms with Gasteiger partial charge >= 0.3 is 0 Å². The zero-order chi connectivity index (χ0) is 10.1. The summed E-state index contributed by atoms with van der Waals surface area (Å²) in [5.74, 6) is 0.857. The van der Waals surface area contributed by atoms with E-state index in [1.807, 2.05) is 22.7 Å². The lowest BCUT2D eigenvalue weighted by Gasteiger charge is -1.99. The summed E-state index contributed by atoms with van der Waals surface area (Å²) in [6, 6.07) is 3.90. The molecular weight excluding hydrogens is 312 g/mol. The van der Waals surface area contributed by atoms with Crippen molar-refractivity contribution in [2.75, 3.05) is 6.61 Å². The molecule has 0 aromatic carbocycles. The molecular formula is C9H8Br2N2O. The lowest BCUT2D eigenvalue weighted by molar-refractivity contribution is 0.296. The number of aliphatic hydroxyl groups excluding tert-OH is 1. The predicted molar refractivity (Wildman–Crippen MR) is 61.4 cm³/mol. The highest BCUT2D eigenvalue weighted by molar-refractivity contribution is 9.11. The first-order chi connectivity index (χ1) is 6.74. The van der Waals surface area contributed by atoms with Gasteiger partial charge in [-0.2, -0.15) is 0 Å². The summed E-state index contributed by atoms with van der Waals surface area (Å²) in [7, 11) is 0. The van der Waals surface area contributed by atoms with Crippen molar-refractivity contribution in [3.8, 4) is 0 Å². The molecule has 74 valence electrons. The SMILES string of the molecule is OCCc1nc(Br)c2c(Br)cccn12. The van der Waals surface area contributed by atoms with Crippen molar-refractivity contribution >= 4 is 37.4 Å². The van der Waals surface area contributed by atoms with Crippen LogP contribution in [0, 0.1) is 0 Å². The van der Waals surface area contributed by atoms with Gasteiger partial charge in [0.25, 0.3) is 0 Å². The van der Waals surface area contributed by atoms with Gasteiger partial charge in [-0.3, -0.25) is 0 Å². The number of halogens is 2. The lowest BCUT2D eigenvalue weighted by Crippen LogP contribution is -1.97. The number of fused-ring (bicyclic) bond motifs is 1. The molecule has 0 aliphatic rings. The van der Waals surface area contributed by atoms with Gasteiger partial charge in [0, 0.05) is 17.1 Å². The minimum absolute atomic E-state index is 0.109. The maximum absolute atomic E-state index is 8.88. The number of nitrogens with zero attached hydrogens (tertiary/aromatic N) is 2. The number of aliphatic hydroxyl groups is 1. The number of hydrogen-bond acceptors (Lipinski definition) is 2. The molecule has 2 heterocycles. The van der Waals surface area contributed by atoms with Crippen LogP contribution in [0.1, 0.15) is 5.82 Å². The fourth-order valence-corrected chi connectivity index (χ4v) is 2.80. The van der Waals surface area contributed by atoms with E-state index in [0.29, 0.717) is 6.42 Å². The second-order valence-electron chi connectivity index (χ2n) is 2.87. The Morgan fingerprint density at radius 1 is 1.43 bits per heavy atom. The summed E-state index contributed by atoms with van der Waals surface area (Å²) >= 11 is 6.85. The van der Waals surface area contributed by atoms with Crippen molar-refractivity contribution in [2.45, 2.75) is 6.42 Å². The van der Waals surface area contributed by atoms with Crippen molar-refractivity contribution < 1.29 is 5.11 Å². The van der Waals surface area contributed by atoms with Gasteiger partial charge in [-0.1, -0.05) is 0 Å². The number of aromatic nitrogens is 2. The fraction of sp³-hybridized carbons (Fsp3) is 0.222. The molecule has 0 unspecified atom stereocenters. The van der Waals surface area contributed by atoms with Crippen LogP contribution in [0.5, 0.6) is 0 Å². The van der Waals surface area contributed by atoms with Crippen molar-refractivity contribution in [3.63, 3.8) is 0 Å². The maximum atomic E-state index is 8.88. The molecule has 0 atom stereocenters. The molecule has 0 spiro atoms. The highest BCUT2D eigenvalue weighted by Crippen LogP contribution is 2.26. The van der Waals surface area contributed by atoms with Gasteiger partial charge in [0.2, 0.25) is 0 Å². The third kappa shape index (κ3) is 1.60. The number of hydrogen-bond donors (Lipinski definition) is 1. The van der Waals surface area contributed by atoms with E-state index >= 15 is 0 Å². The molecule has 2 aromatic heterocycles. The zero-order valence-corrected chi connectivity index (χ0v) is 10.4. The molecule has 0 aliphatic carbocycles. The standard InChI is InChI=1S/C9H8Br2N2O/c10-6-2-1-4-13-7(3-5-14)12-9(11)8(6)13/h1-2,4,14H,3,5H2. The number of rotatable bonds is 2. The minimum atomic E-state index is 0.109. The largest absolute Gasteiger partial charge is 0.396 e. The zero-order valence-electron chi connectivity index (χ0n) is 7.24. The summed E-state index contributed by atoms with van der Waals surface area (Å²) in [6.45, 7) is 0.109. The molecule has 0 bridgehead atoms. The van der Waals surface area contributed by atoms with Crippen molar-refractivity contribution in [1.29, 1.82) is 0 Å². The molecule has 3 nitrogen and oxygen atoms in total. The van der Waals surface area contributed by atoms with Crippen LogP contribution in [-0.4, -0.2) is 21.1 Å². The molecule has 0 amide bonds. The molecule has 0 saturated carbocycles. The molecule has 2 rings (SSSR count). The van der Waals surface area contributed by atoms with Gasteiger partial charge in [-0.15, -0.1) is 0 Å². The van der Waals surface area contributed by atoms with Crippen LogP contribution in [0.25, 0.3) is 5.52 Å². The highest BCUT2D eigenvalue weighted by Gasteiger charge is 2.10. The van der Waals surface area contributed by atoms with Crippen molar-refractivity contribution in [3.05, 3.63) is 33.2 Å². The maximum Gasteiger partial charge on any atom is 0.133 e.